The van der Waals surface area contributed by atoms with Crippen LogP contribution in [0.2, 0.25) is 0 Å². The summed E-state index contributed by atoms with van der Waals surface area (Å²) in [5, 5.41) is 7.32. The normalized spacial score (nSPS) is 12.6. The van der Waals surface area contributed by atoms with Crippen LogP contribution in [0.1, 0.15) is 30.5 Å². The van der Waals surface area contributed by atoms with Crippen LogP contribution in [0.4, 0.5) is 8.78 Å². The summed E-state index contributed by atoms with van der Waals surface area (Å²) in [5.74, 6) is -1.53. The summed E-state index contributed by atoms with van der Waals surface area (Å²) in [4.78, 5) is 0. The number of nitrogens with one attached hydrogen (secondary N) is 1. The summed E-state index contributed by atoms with van der Waals surface area (Å²) in [6.45, 7) is 2.83. The van der Waals surface area contributed by atoms with Crippen molar-refractivity contribution in [3.8, 4) is 0 Å². The molecule has 0 bridgehead atoms. The molecule has 0 aliphatic heterocycles. The van der Waals surface area contributed by atoms with Gasteiger partial charge in [-0.15, -0.1) is 0 Å². The monoisotopic (exact) mass is 281 g/mol. The molecule has 0 amide bonds. The van der Waals surface area contributed by atoms with E-state index in [4.69, 9.17) is 0 Å². The van der Waals surface area contributed by atoms with Crippen LogP contribution in [0, 0.1) is 11.6 Å². The molecular formula is C15H17F2NS. The second-order valence-electron chi connectivity index (χ2n) is 4.49. The van der Waals surface area contributed by atoms with Crippen LogP contribution in [-0.4, -0.2) is 6.54 Å². The molecule has 4 heteroatoms. The quantitative estimate of drug-likeness (QED) is 0.832. The zero-order chi connectivity index (χ0) is 13.7. The lowest BCUT2D eigenvalue weighted by Crippen LogP contribution is -2.25. The topological polar surface area (TPSA) is 12.0 Å². The van der Waals surface area contributed by atoms with Crippen molar-refractivity contribution in [3.63, 3.8) is 0 Å². The van der Waals surface area contributed by atoms with E-state index in [1.54, 1.807) is 23.5 Å². The number of benzene rings is 1. The number of thiophene rings is 1. The minimum atomic E-state index is -0.786. The molecule has 0 radical (unpaired) electrons. The van der Waals surface area contributed by atoms with E-state index in [1.165, 1.54) is 0 Å². The van der Waals surface area contributed by atoms with Gasteiger partial charge in [-0.2, -0.15) is 11.3 Å². The molecule has 1 atom stereocenters. The maximum atomic E-state index is 13.9. The first-order valence-electron chi connectivity index (χ1n) is 6.40. The van der Waals surface area contributed by atoms with Crippen molar-refractivity contribution < 1.29 is 8.78 Å². The number of hydrogen-bond acceptors (Lipinski definition) is 2. The van der Waals surface area contributed by atoms with Gasteiger partial charge in [0.05, 0.1) is 0 Å². The van der Waals surface area contributed by atoms with Gasteiger partial charge in [0.15, 0.2) is 11.6 Å². The molecule has 1 N–H and O–H groups in total. The number of hydrogen-bond donors (Lipinski definition) is 1. The molecule has 0 saturated heterocycles. The standard InChI is InChI=1S/C15H17F2NS/c1-2-7-18-14(9-11-6-8-19-10-11)12-4-3-5-13(16)15(12)17/h3-6,8,10,14,18H,2,7,9H2,1H3. The lowest BCUT2D eigenvalue weighted by atomic mass is 9.99. The fourth-order valence-electron chi connectivity index (χ4n) is 2.04. The van der Waals surface area contributed by atoms with Gasteiger partial charge in [-0.3, -0.25) is 0 Å². The van der Waals surface area contributed by atoms with Gasteiger partial charge in [0.2, 0.25) is 0 Å². The van der Waals surface area contributed by atoms with Crippen molar-refractivity contribution in [2.24, 2.45) is 0 Å². The number of halogens is 2. The van der Waals surface area contributed by atoms with E-state index < -0.39 is 11.6 Å². The van der Waals surface area contributed by atoms with E-state index >= 15 is 0 Å². The van der Waals surface area contributed by atoms with E-state index in [0.29, 0.717) is 12.0 Å². The molecule has 0 aliphatic rings. The smallest absolute Gasteiger partial charge is 0.163 e. The molecule has 2 aromatic rings. The summed E-state index contributed by atoms with van der Waals surface area (Å²) in [5.41, 5.74) is 1.54. The fraction of sp³-hybridized carbons (Fsp3) is 0.333. The summed E-state index contributed by atoms with van der Waals surface area (Å²) in [6.07, 6.45) is 1.63. The van der Waals surface area contributed by atoms with E-state index in [-0.39, 0.29) is 6.04 Å². The SMILES string of the molecule is CCCNC(Cc1ccsc1)c1cccc(F)c1F. The van der Waals surface area contributed by atoms with Crippen molar-refractivity contribution in [2.75, 3.05) is 6.54 Å². The van der Waals surface area contributed by atoms with Gasteiger partial charge < -0.3 is 5.32 Å². The minimum absolute atomic E-state index is 0.190. The molecule has 0 spiro atoms. The van der Waals surface area contributed by atoms with Crippen molar-refractivity contribution in [1.29, 1.82) is 0 Å². The highest BCUT2D eigenvalue weighted by molar-refractivity contribution is 7.07. The first kappa shape index (κ1) is 14.2. The van der Waals surface area contributed by atoms with Gasteiger partial charge in [0, 0.05) is 11.6 Å². The van der Waals surface area contributed by atoms with Crippen LogP contribution in [0.5, 0.6) is 0 Å². The zero-order valence-electron chi connectivity index (χ0n) is 10.8. The van der Waals surface area contributed by atoms with Crippen LogP contribution in [-0.2, 0) is 6.42 Å². The van der Waals surface area contributed by atoms with Crippen molar-refractivity contribution in [3.05, 3.63) is 57.8 Å². The van der Waals surface area contributed by atoms with Gasteiger partial charge in [-0.1, -0.05) is 19.1 Å². The van der Waals surface area contributed by atoms with Crippen molar-refractivity contribution in [2.45, 2.75) is 25.8 Å². The van der Waals surface area contributed by atoms with E-state index in [9.17, 15) is 8.78 Å². The Hall–Kier alpha value is -1.26. The van der Waals surface area contributed by atoms with Crippen LogP contribution in [0.25, 0.3) is 0 Å². The predicted octanol–water partition coefficient (Wildman–Crippen LogP) is 4.31. The van der Waals surface area contributed by atoms with Crippen molar-refractivity contribution in [1.82, 2.24) is 5.32 Å². The van der Waals surface area contributed by atoms with Gasteiger partial charge >= 0.3 is 0 Å². The first-order chi connectivity index (χ1) is 9.22. The van der Waals surface area contributed by atoms with Crippen molar-refractivity contribution >= 4 is 11.3 Å². The highest BCUT2D eigenvalue weighted by Crippen LogP contribution is 2.24. The maximum absolute atomic E-state index is 13.9. The molecular weight excluding hydrogens is 264 g/mol. The fourth-order valence-corrected chi connectivity index (χ4v) is 2.73. The molecule has 0 saturated carbocycles. The third-order valence-electron chi connectivity index (χ3n) is 3.02. The molecule has 102 valence electrons. The number of rotatable bonds is 6. The Morgan fingerprint density at radius 1 is 1.26 bits per heavy atom. The van der Waals surface area contributed by atoms with E-state index in [0.717, 1.165) is 24.6 Å². The van der Waals surface area contributed by atoms with E-state index in [2.05, 4.69) is 12.2 Å². The third kappa shape index (κ3) is 3.61. The molecule has 1 aromatic heterocycles. The highest BCUT2D eigenvalue weighted by Gasteiger charge is 2.18. The lowest BCUT2D eigenvalue weighted by molar-refractivity contribution is 0.459. The Morgan fingerprint density at radius 2 is 2.11 bits per heavy atom. The average Bonchev–Trinajstić information content (AvgIpc) is 2.91. The highest BCUT2D eigenvalue weighted by atomic mass is 32.1. The molecule has 1 unspecified atom stereocenters. The van der Waals surface area contributed by atoms with Crippen LogP contribution in [0.15, 0.2) is 35.0 Å². The third-order valence-corrected chi connectivity index (χ3v) is 3.75. The second kappa shape index (κ2) is 6.78. The first-order valence-corrected chi connectivity index (χ1v) is 7.35. The average molecular weight is 281 g/mol. The summed E-state index contributed by atoms with van der Waals surface area (Å²) in [6, 6.07) is 6.19. The van der Waals surface area contributed by atoms with Gasteiger partial charge in [0.1, 0.15) is 0 Å². The molecule has 1 nitrogen and oxygen atoms in total. The molecule has 0 fully saturated rings. The zero-order valence-corrected chi connectivity index (χ0v) is 11.6. The largest absolute Gasteiger partial charge is 0.310 e. The summed E-state index contributed by atoms with van der Waals surface area (Å²) < 4.78 is 27.2. The molecule has 1 aromatic carbocycles. The molecule has 0 aliphatic carbocycles. The van der Waals surface area contributed by atoms with Crippen LogP contribution < -0.4 is 5.32 Å². The van der Waals surface area contributed by atoms with Gasteiger partial charge in [-0.25, -0.2) is 8.78 Å². The Kier molecular flexibility index (Phi) is 5.05. The maximum Gasteiger partial charge on any atom is 0.163 e. The van der Waals surface area contributed by atoms with Gasteiger partial charge in [0.25, 0.3) is 0 Å². The molecule has 19 heavy (non-hydrogen) atoms. The Bertz CT molecular complexity index is 511. The Labute approximate surface area is 116 Å². The second-order valence-corrected chi connectivity index (χ2v) is 5.27. The van der Waals surface area contributed by atoms with Crippen LogP contribution >= 0.6 is 11.3 Å². The van der Waals surface area contributed by atoms with E-state index in [1.807, 2.05) is 16.8 Å². The Morgan fingerprint density at radius 3 is 2.79 bits per heavy atom. The van der Waals surface area contributed by atoms with Crippen LogP contribution in [0.3, 0.4) is 0 Å². The lowest BCUT2D eigenvalue weighted by Gasteiger charge is -2.19. The minimum Gasteiger partial charge on any atom is -0.310 e. The predicted molar refractivity (Wildman–Crippen MR) is 75.4 cm³/mol. The summed E-state index contributed by atoms with van der Waals surface area (Å²) >= 11 is 1.61. The Balaban J connectivity index is 2.23. The molecule has 1 heterocycles. The summed E-state index contributed by atoms with van der Waals surface area (Å²) in [7, 11) is 0. The van der Waals surface area contributed by atoms with Gasteiger partial charge in [-0.05, 0) is 47.8 Å². The molecule has 2 rings (SSSR count).